The van der Waals surface area contributed by atoms with Crippen LogP contribution >= 0.6 is 22.6 Å². The van der Waals surface area contributed by atoms with Crippen LogP contribution in [0.15, 0.2) is 96.6 Å². The molecule has 4 aromatic rings. The van der Waals surface area contributed by atoms with Gasteiger partial charge in [0, 0.05) is 9.26 Å². The van der Waals surface area contributed by atoms with Crippen LogP contribution < -0.4 is 10.1 Å². The minimum Gasteiger partial charge on any atom is -0.489 e. The molecule has 0 atom stereocenters. The van der Waals surface area contributed by atoms with Gasteiger partial charge >= 0.3 is 0 Å². The molecule has 156 valence electrons. The molecule has 4 rings (SSSR count). The van der Waals surface area contributed by atoms with E-state index in [0.717, 1.165) is 20.4 Å². The molecule has 0 radical (unpaired) electrons. The first-order valence-electron chi connectivity index (χ1n) is 10.0. The fourth-order valence-corrected chi connectivity index (χ4v) is 3.65. The third-order valence-electron chi connectivity index (χ3n) is 4.93. The number of hydrogen-bond acceptors (Lipinski definition) is 3. The number of amides is 1. The number of nitrogens with zero attached hydrogens (tertiary/aromatic N) is 1. The Morgan fingerprint density at radius 1 is 0.938 bits per heavy atom. The van der Waals surface area contributed by atoms with E-state index in [0.29, 0.717) is 12.3 Å². The summed E-state index contributed by atoms with van der Waals surface area (Å²) >= 11 is 2.19. The van der Waals surface area contributed by atoms with Crippen LogP contribution in [0.2, 0.25) is 0 Å². The molecule has 5 heteroatoms. The predicted molar refractivity (Wildman–Crippen MR) is 136 cm³/mol. The Labute approximate surface area is 200 Å². The van der Waals surface area contributed by atoms with E-state index in [1.807, 2.05) is 60.7 Å². The van der Waals surface area contributed by atoms with Gasteiger partial charge in [0.15, 0.2) is 0 Å². The lowest BCUT2D eigenvalue weighted by Crippen LogP contribution is -2.13. The van der Waals surface area contributed by atoms with Crippen LogP contribution in [0.4, 0.5) is 5.69 Å². The van der Waals surface area contributed by atoms with Gasteiger partial charge in [0.25, 0.3) is 5.91 Å². The van der Waals surface area contributed by atoms with Gasteiger partial charge in [-0.1, -0.05) is 54.6 Å². The molecular formula is C27H19IN2O2. The van der Waals surface area contributed by atoms with Crippen molar-refractivity contribution in [1.82, 2.24) is 0 Å². The molecule has 4 aromatic carbocycles. The van der Waals surface area contributed by atoms with Crippen LogP contribution in [-0.4, -0.2) is 5.91 Å². The number of anilines is 1. The van der Waals surface area contributed by atoms with Crippen LogP contribution in [0.1, 0.15) is 11.1 Å². The van der Waals surface area contributed by atoms with Crippen LogP contribution in [0.3, 0.4) is 0 Å². The zero-order valence-electron chi connectivity index (χ0n) is 17.1. The standard InChI is InChI=1S/C27H19IN2O2/c28-23-10-12-24(13-11-23)30-27(31)22(17-29)16-19-8-14-25(15-9-19)32-18-21-6-3-5-20-4-1-2-7-26(20)21/h1-16H,18H2,(H,30,31)/b22-16+. The number of ether oxygens (including phenoxy) is 1. The molecule has 0 unspecified atom stereocenters. The van der Waals surface area contributed by atoms with Gasteiger partial charge < -0.3 is 10.1 Å². The predicted octanol–water partition coefficient (Wildman–Crippen LogP) is 6.57. The number of halogens is 1. The maximum Gasteiger partial charge on any atom is 0.266 e. The van der Waals surface area contributed by atoms with Crippen molar-refractivity contribution in [2.24, 2.45) is 0 Å². The van der Waals surface area contributed by atoms with Gasteiger partial charge in [-0.15, -0.1) is 0 Å². The molecule has 0 heterocycles. The topological polar surface area (TPSA) is 62.1 Å². The summed E-state index contributed by atoms with van der Waals surface area (Å²) in [5.74, 6) is 0.280. The molecule has 0 spiro atoms. The molecule has 0 fully saturated rings. The number of fused-ring (bicyclic) bond motifs is 1. The lowest BCUT2D eigenvalue weighted by atomic mass is 10.1. The fraction of sp³-hybridized carbons (Fsp3) is 0.0370. The number of hydrogen-bond donors (Lipinski definition) is 1. The zero-order valence-corrected chi connectivity index (χ0v) is 19.2. The van der Waals surface area contributed by atoms with Crippen molar-refractivity contribution in [3.8, 4) is 11.8 Å². The Bertz CT molecular complexity index is 1320. The van der Waals surface area contributed by atoms with Crippen LogP contribution in [-0.2, 0) is 11.4 Å². The highest BCUT2D eigenvalue weighted by Gasteiger charge is 2.10. The van der Waals surface area contributed by atoms with Gasteiger partial charge in [-0.25, -0.2) is 0 Å². The number of rotatable bonds is 6. The van der Waals surface area contributed by atoms with Gasteiger partial charge in [0.1, 0.15) is 24.0 Å². The summed E-state index contributed by atoms with van der Waals surface area (Å²) in [7, 11) is 0. The molecule has 0 aliphatic heterocycles. The lowest BCUT2D eigenvalue weighted by Gasteiger charge is -2.09. The van der Waals surface area contributed by atoms with Crippen molar-refractivity contribution in [2.75, 3.05) is 5.32 Å². The Morgan fingerprint density at radius 3 is 2.41 bits per heavy atom. The Hall–Kier alpha value is -3.63. The number of nitrogens with one attached hydrogen (secondary N) is 1. The quantitative estimate of drug-likeness (QED) is 0.174. The van der Waals surface area contributed by atoms with Crippen LogP contribution in [0.25, 0.3) is 16.8 Å². The smallest absolute Gasteiger partial charge is 0.266 e. The average molecular weight is 530 g/mol. The molecular weight excluding hydrogens is 511 g/mol. The Balaban J connectivity index is 1.43. The van der Waals surface area contributed by atoms with Crippen molar-refractivity contribution in [3.05, 3.63) is 111 Å². The van der Waals surface area contributed by atoms with E-state index in [1.165, 1.54) is 10.8 Å². The summed E-state index contributed by atoms with van der Waals surface area (Å²) in [4.78, 5) is 12.4. The molecule has 0 saturated heterocycles. The van der Waals surface area contributed by atoms with E-state index in [9.17, 15) is 10.1 Å². The molecule has 1 N–H and O–H groups in total. The van der Waals surface area contributed by atoms with Gasteiger partial charge in [-0.3, -0.25) is 4.79 Å². The summed E-state index contributed by atoms with van der Waals surface area (Å²) < 4.78 is 7.03. The Morgan fingerprint density at radius 2 is 1.66 bits per heavy atom. The first-order chi connectivity index (χ1) is 15.6. The van der Waals surface area contributed by atoms with Crippen molar-refractivity contribution >= 4 is 51.0 Å². The second-order valence-electron chi connectivity index (χ2n) is 7.13. The third-order valence-corrected chi connectivity index (χ3v) is 5.65. The van der Waals surface area contributed by atoms with Gasteiger partial charge in [0.2, 0.25) is 0 Å². The minimum atomic E-state index is -0.440. The van der Waals surface area contributed by atoms with Gasteiger partial charge in [-0.2, -0.15) is 5.26 Å². The normalized spacial score (nSPS) is 11.1. The van der Waals surface area contributed by atoms with Crippen molar-refractivity contribution in [2.45, 2.75) is 6.61 Å². The van der Waals surface area contributed by atoms with E-state index in [-0.39, 0.29) is 5.57 Å². The highest BCUT2D eigenvalue weighted by molar-refractivity contribution is 14.1. The van der Waals surface area contributed by atoms with Gasteiger partial charge in [0.05, 0.1) is 0 Å². The molecule has 0 aliphatic rings. The average Bonchev–Trinajstić information content (AvgIpc) is 2.83. The molecule has 32 heavy (non-hydrogen) atoms. The second-order valence-corrected chi connectivity index (χ2v) is 8.37. The maximum atomic E-state index is 12.4. The van der Waals surface area contributed by atoms with E-state index < -0.39 is 5.91 Å². The van der Waals surface area contributed by atoms with Crippen molar-refractivity contribution in [3.63, 3.8) is 0 Å². The molecule has 0 saturated carbocycles. The summed E-state index contributed by atoms with van der Waals surface area (Å²) in [6, 6.07) is 31.1. The SMILES string of the molecule is N#C/C(=C\c1ccc(OCc2cccc3ccccc23)cc1)C(=O)Nc1ccc(I)cc1. The Kier molecular flexibility index (Phi) is 6.83. The number of nitriles is 1. The number of carbonyl (C=O) groups excluding carboxylic acids is 1. The lowest BCUT2D eigenvalue weighted by molar-refractivity contribution is -0.112. The fourth-order valence-electron chi connectivity index (χ4n) is 3.29. The van der Waals surface area contributed by atoms with Gasteiger partial charge in [-0.05, 0) is 87.0 Å². The largest absolute Gasteiger partial charge is 0.489 e. The number of benzene rings is 4. The van der Waals surface area contributed by atoms with Crippen LogP contribution in [0, 0.1) is 14.9 Å². The third kappa shape index (κ3) is 5.34. The minimum absolute atomic E-state index is 0.0352. The van der Waals surface area contributed by atoms with E-state index in [1.54, 1.807) is 18.2 Å². The highest BCUT2D eigenvalue weighted by atomic mass is 127. The summed E-state index contributed by atoms with van der Waals surface area (Å²) in [6.45, 7) is 0.457. The first-order valence-corrected chi connectivity index (χ1v) is 11.1. The van der Waals surface area contributed by atoms with Crippen molar-refractivity contribution < 1.29 is 9.53 Å². The monoisotopic (exact) mass is 530 g/mol. The number of carbonyl (C=O) groups is 1. The molecule has 4 nitrogen and oxygen atoms in total. The first kappa shape index (κ1) is 21.6. The van der Waals surface area contributed by atoms with E-state index >= 15 is 0 Å². The van der Waals surface area contributed by atoms with E-state index in [4.69, 9.17) is 4.74 Å². The second kappa shape index (κ2) is 10.1. The van der Waals surface area contributed by atoms with Crippen LogP contribution in [0.5, 0.6) is 5.75 Å². The van der Waals surface area contributed by atoms with E-state index in [2.05, 4.69) is 52.2 Å². The zero-order chi connectivity index (χ0) is 22.3. The summed E-state index contributed by atoms with van der Waals surface area (Å²) in [5, 5.41) is 14.5. The summed E-state index contributed by atoms with van der Waals surface area (Å²) in [5.41, 5.74) is 2.55. The maximum absolute atomic E-state index is 12.4. The molecule has 0 bridgehead atoms. The molecule has 1 amide bonds. The molecule has 0 aromatic heterocycles. The summed E-state index contributed by atoms with van der Waals surface area (Å²) in [6.07, 6.45) is 1.57. The van der Waals surface area contributed by atoms with Crippen molar-refractivity contribution in [1.29, 1.82) is 5.26 Å². The molecule has 0 aliphatic carbocycles. The highest BCUT2D eigenvalue weighted by Crippen LogP contribution is 2.22.